The summed E-state index contributed by atoms with van der Waals surface area (Å²) in [7, 11) is 0. The van der Waals surface area contributed by atoms with Gasteiger partial charge in [-0.05, 0) is 13.8 Å². The van der Waals surface area contributed by atoms with Crippen molar-refractivity contribution >= 4 is 17.8 Å². The molecule has 0 aromatic carbocycles. The van der Waals surface area contributed by atoms with Crippen molar-refractivity contribution in [3.05, 3.63) is 11.6 Å². The van der Waals surface area contributed by atoms with Gasteiger partial charge in [0.05, 0.1) is 13.2 Å². The smallest absolute Gasteiger partial charge is 0.334 e. The minimum Gasteiger partial charge on any atom is -0.478 e. The molecule has 1 aliphatic rings. The fourth-order valence-electron chi connectivity index (χ4n) is 1.59. The molecule has 0 spiro atoms. The first-order valence-electron chi connectivity index (χ1n) is 5.90. The first-order chi connectivity index (χ1) is 8.91. The molecule has 1 heterocycles. The van der Waals surface area contributed by atoms with Crippen molar-refractivity contribution in [1.29, 1.82) is 0 Å². The van der Waals surface area contributed by atoms with E-state index in [-0.39, 0.29) is 11.5 Å². The zero-order valence-electron chi connectivity index (χ0n) is 10.9. The van der Waals surface area contributed by atoms with Gasteiger partial charge in [0.2, 0.25) is 0 Å². The van der Waals surface area contributed by atoms with Crippen LogP contribution < -0.4 is 0 Å². The van der Waals surface area contributed by atoms with Gasteiger partial charge in [-0.25, -0.2) is 9.59 Å². The summed E-state index contributed by atoms with van der Waals surface area (Å²) >= 11 is 0. The lowest BCUT2D eigenvalue weighted by Crippen LogP contribution is -2.46. The second-order valence-corrected chi connectivity index (χ2v) is 4.15. The van der Waals surface area contributed by atoms with E-state index in [4.69, 9.17) is 14.6 Å². The van der Waals surface area contributed by atoms with Gasteiger partial charge in [0, 0.05) is 24.7 Å². The molecule has 1 saturated heterocycles. The fourth-order valence-corrected chi connectivity index (χ4v) is 1.59. The van der Waals surface area contributed by atoms with Crippen LogP contribution in [0, 0.1) is 0 Å². The van der Waals surface area contributed by atoms with E-state index >= 15 is 0 Å². The molecule has 0 aromatic heterocycles. The summed E-state index contributed by atoms with van der Waals surface area (Å²) in [5.74, 6) is -2.35. The van der Waals surface area contributed by atoms with Crippen LogP contribution in [-0.4, -0.2) is 60.3 Å². The molecule has 19 heavy (non-hydrogen) atoms. The van der Waals surface area contributed by atoms with Gasteiger partial charge in [0.15, 0.2) is 6.10 Å². The number of amides is 1. The Bertz CT molecular complexity index is 397. The van der Waals surface area contributed by atoms with Crippen LogP contribution >= 0.6 is 0 Å². The molecule has 1 rings (SSSR count). The minimum atomic E-state index is -1.23. The van der Waals surface area contributed by atoms with Crippen LogP contribution in [0.4, 0.5) is 0 Å². The molecule has 0 aromatic rings. The summed E-state index contributed by atoms with van der Waals surface area (Å²) in [5.41, 5.74) is -0.0610. The predicted molar refractivity (Wildman–Crippen MR) is 64.3 cm³/mol. The van der Waals surface area contributed by atoms with E-state index in [1.807, 2.05) is 0 Å². The number of morpholine rings is 1. The molecule has 0 aliphatic carbocycles. The molecule has 1 aliphatic heterocycles. The molecular weight excluding hydrogens is 254 g/mol. The topological polar surface area (TPSA) is 93.1 Å². The number of carbonyl (C=O) groups is 3. The van der Waals surface area contributed by atoms with Crippen LogP contribution in [0.1, 0.15) is 13.8 Å². The zero-order valence-corrected chi connectivity index (χ0v) is 10.9. The highest BCUT2D eigenvalue weighted by atomic mass is 16.5. The maximum absolute atomic E-state index is 11.9. The van der Waals surface area contributed by atoms with Crippen molar-refractivity contribution in [2.24, 2.45) is 0 Å². The summed E-state index contributed by atoms with van der Waals surface area (Å²) in [5, 5.41) is 8.51. The zero-order chi connectivity index (χ0) is 14.4. The lowest BCUT2D eigenvalue weighted by Gasteiger charge is -2.28. The quantitative estimate of drug-likeness (QED) is 0.562. The van der Waals surface area contributed by atoms with Gasteiger partial charge in [0.25, 0.3) is 5.91 Å². The molecule has 7 heteroatoms. The van der Waals surface area contributed by atoms with Crippen LogP contribution in [0.3, 0.4) is 0 Å². The van der Waals surface area contributed by atoms with Gasteiger partial charge in [-0.3, -0.25) is 4.79 Å². The van der Waals surface area contributed by atoms with Crippen LogP contribution in [0.25, 0.3) is 0 Å². The largest absolute Gasteiger partial charge is 0.478 e. The molecule has 106 valence electrons. The fraction of sp³-hybridized carbons (Fsp3) is 0.583. The van der Waals surface area contributed by atoms with Crippen LogP contribution in [-0.2, 0) is 23.9 Å². The van der Waals surface area contributed by atoms with Gasteiger partial charge in [-0.1, -0.05) is 0 Å². The van der Waals surface area contributed by atoms with Crippen molar-refractivity contribution in [1.82, 2.24) is 4.90 Å². The summed E-state index contributed by atoms with van der Waals surface area (Å²) in [6, 6.07) is 0. The number of carbonyl (C=O) groups excluding carboxylic acids is 2. The monoisotopic (exact) mass is 271 g/mol. The summed E-state index contributed by atoms with van der Waals surface area (Å²) in [6.45, 7) is 4.64. The Labute approximate surface area is 110 Å². The molecule has 0 saturated carbocycles. The summed E-state index contributed by atoms with van der Waals surface area (Å²) in [4.78, 5) is 35.4. The van der Waals surface area contributed by atoms with E-state index in [0.717, 1.165) is 6.08 Å². The van der Waals surface area contributed by atoms with E-state index in [1.165, 1.54) is 13.8 Å². The highest BCUT2D eigenvalue weighted by molar-refractivity contribution is 5.96. The molecule has 7 nitrogen and oxygen atoms in total. The number of carboxylic acids is 1. The van der Waals surface area contributed by atoms with Gasteiger partial charge >= 0.3 is 11.9 Å². The van der Waals surface area contributed by atoms with E-state index < -0.39 is 18.0 Å². The number of hydrogen-bond donors (Lipinski definition) is 1. The van der Waals surface area contributed by atoms with E-state index in [1.54, 1.807) is 4.90 Å². The van der Waals surface area contributed by atoms with Crippen LogP contribution in [0.15, 0.2) is 11.6 Å². The van der Waals surface area contributed by atoms with Crippen molar-refractivity contribution in [3.8, 4) is 0 Å². The normalized spacial score (nSPS) is 17.8. The molecular formula is C12H17NO6. The number of nitrogens with zero attached hydrogens (tertiary/aromatic N) is 1. The van der Waals surface area contributed by atoms with Gasteiger partial charge in [0.1, 0.15) is 0 Å². The van der Waals surface area contributed by atoms with Crippen molar-refractivity contribution in [3.63, 3.8) is 0 Å². The van der Waals surface area contributed by atoms with Crippen LogP contribution in [0.5, 0.6) is 0 Å². The highest BCUT2D eigenvalue weighted by Crippen LogP contribution is 2.06. The standard InChI is InChI=1S/C12H17NO6/c1-8(7-10(14)15)12(17)19-9(2)11(16)13-3-5-18-6-4-13/h7,9H,3-6H2,1-2H3,(H,14,15)/b8-7+. The molecule has 1 atom stereocenters. The van der Waals surface area contributed by atoms with Gasteiger partial charge < -0.3 is 19.5 Å². The average Bonchev–Trinajstić information content (AvgIpc) is 2.37. The van der Waals surface area contributed by atoms with Gasteiger partial charge in [-0.15, -0.1) is 0 Å². The Kier molecular flexibility index (Phi) is 5.50. The van der Waals surface area contributed by atoms with Crippen molar-refractivity contribution in [2.45, 2.75) is 20.0 Å². The Morgan fingerprint density at radius 3 is 2.42 bits per heavy atom. The van der Waals surface area contributed by atoms with E-state index in [2.05, 4.69) is 0 Å². The van der Waals surface area contributed by atoms with E-state index in [0.29, 0.717) is 26.3 Å². The number of hydrogen-bond acceptors (Lipinski definition) is 5. The third-order valence-corrected chi connectivity index (χ3v) is 2.62. The Balaban J connectivity index is 2.53. The SMILES string of the molecule is C/C(=C\C(=O)O)C(=O)OC(C)C(=O)N1CCOCC1. The third kappa shape index (κ3) is 4.70. The number of rotatable bonds is 4. The number of ether oxygens (including phenoxy) is 2. The maximum atomic E-state index is 11.9. The van der Waals surface area contributed by atoms with Crippen molar-refractivity contribution in [2.75, 3.05) is 26.3 Å². The van der Waals surface area contributed by atoms with Crippen LogP contribution in [0.2, 0.25) is 0 Å². The number of aliphatic carboxylic acids is 1. The third-order valence-electron chi connectivity index (χ3n) is 2.62. The second kappa shape index (κ2) is 6.89. The molecule has 0 bridgehead atoms. The Morgan fingerprint density at radius 2 is 1.89 bits per heavy atom. The number of carboxylic acid groups (broad SMARTS) is 1. The Morgan fingerprint density at radius 1 is 1.32 bits per heavy atom. The lowest BCUT2D eigenvalue weighted by atomic mass is 10.2. The van der Waals surface area contributed by atoms with Crippen molar-refractivity contribution < 1.29 is 29.0 Å². The molecule has 1 fully saturated rings. The number of esters is 1. The minimum absolute atomic E-state index is 0.0610. The molecule has 1 amide bonds. The van der Waals surface area contributed by atoms with Gasteiger partial charge in [-0.2, -0.15) is 0 Å². The molecule has 1 N–H and O–H groups in total. The summed E-state index contributed by atoms with van der Waals surface area (Å²) < 4.78 is 10.0. The maximum Gasteiger partial charge on any atom is 0.334 e. The highest BCUT2D eigenvalue weighted by Gasteiger charge is 2.25. The first kappa shape index (κ1) is 15.2. The second-order valence-electron chi connectivity index (χ2n) is 4.15. The summed E-state index contributed by atoms with van der Waals surface area (Å²) in [6.07, 6.45) is -0.198. The molecule has 0 radical (unpaired) electrons. The Hall–Kier alpha value is -1.89. The average molecular weight is 271 g/mol. The predicted octanol–water partition coefficient (Wildman–Crippen LogP) is -0.192. The molecule has 1 unspecified atom stereocenters. The lowest BCUT2D eigenvalue weighted by molar-refractivity contribution is -0.158. The first-order valence-corrected chi connectivity index (χ1v) is 5.90. The van der Waals surface area contributed by atoms with E-state index in [9.17, 15) is 14.4 Å².